The summed E-state index contributed by atoms with van der Waals surface area (Å²) in [5.74, 6) is -1.08. The summed E-state index contributed by atoms with van der Waals surface area (Å²) in [4.78, 5) is 19.7. The molecular formula is C15H9F3N2O2S2. The van der Waals surface area contributed by atoms with Crippen LogP contribution in [-0.2, 0) is 11.0 Å². The number of carboxylic acids is 1. The molecule has 4 nitrogen and oxygen atoms in total. The molecule has 0 spiro atoms. The number of hydrogen-bond acceptors (Lipinski definition) is 5. The van der Waals surface area contributed by atoms with Crippen molar-refractivity contribution in [1.29, 1.82) is 0 Å². The molecule has 0 radical (unpaired) electrons. The summed E-state index contributed by atoms with van der Waals surface area (Å²) in [5.41, 5.74) is 0.572. The molecule has 0 bridgehead atoms. The standard InChI is InChI=1S/C15H9F3N2O2S2/c16-15(17,18)9-3-1-8(2-4-9)11-5-10-13(24-11)14(20-7-19-10)23-6-12(21)22/h1-5,7H,6H2,(H,21,22). The van der Waals surface area contributed by atoms with Crippen LogP contribution in [0.5, 0.6) is 0 Å². The van der Waals surface area contributed by atoms with Crippen LogP contribution >= 0.6 is 23.1 Å². The van der Waals surface area contributed by atoms with Crippen LogP contribution in [0.25, 0.3) is 20.7 Å². The largest absolute Gasteiger partial charge is 0.481 e. The lowest BCUT2D eigenvalue weighted by molar-refractivity contribution is -0.137. The van der Waals surface area contributed by atoms with Crippen molar-refractivity contribution in [2.24, 2.45) is 0 Å². The summed E-state index contributed by atoms with van der Waals surface area (Å²) in [7, 11) is 0. The lowest BCUT2D eigenvalue weighted by Gasteiger charge is -2.06. The minimum Gasteiger partial charge on any atom is -0.481 e. The number of hydrogen-bond donors (Lipinski definition) is 1. The van der Waals surface area contributed by atoms with Crippen LogP contribution in [0.2, 0.25) is 0 Å². The van der Waals surface area contributed by atoms with E-state index in [1.807, 2.05) is 0 Å². The first-order valence-corrected chi connectivity index (χ1v) is 8.41. The Morgan fingerprint density at radius 1 is 1.21 bits per heavy atom. The van der Waals surface area contributed by atoms with E-state index in [9.17, 15) is 18.0 Å². The Labute approximate surface area is 142 Å². The van der Waals surface area contributed by atoms with Gasteiger partial charge in [0.05, 0.1) is 21.5 Å². The highest BCUT2D eigenvalue weighted by Gasteiger charge is 2.30. The molecule has 2 aromatic heterocycles. The van der Waals surface area contributed by atoms with Crippen LogP contribution in [0, 0.1) is 0 Å². The van der Waals surface area contributed by atoms with Crippen molar-refractivity contribution >= 4 is 39.3 Å². The van der Waals surface area contributed by atoms with Gasteiger partial charge in [0, 0.05) is 4.88 Å². The van der Waals surface area contributed by atoms with Crippen LogP contribution in [0.1, 0.15) is 5.56 Å². The highest BCUT2D eigenvalue weighted by Crippen LogP contribution is 2.38. The van der Waals surface area contributed by atoms with E-state index in [0.717, 1.165) is 33.5 Å². The third-order valence-electron chi connectivity index (χ3n) is 3.11. The molecule has 0 atom stereocenters. The molecule has 0 fully saturated rings. The van der Waals surface area contributed by atoms with Gasteiger partial charge in [0.2, 0.25) is 0 Å². The topological polar surface area (TPSA) is 63.1 Å². The molecular weight excluding hydrogens is 361 g/mol. The van der Waals surface area contributed by atoms with E-state index in [1.165, 1.54) is 29.8 Å². The maximum Gasteiger partial charge on any atom is 0.416 e. The first-order chi connectivity index (χ1) is 11.3. The number of carbonyl (C=O) groups is 1. The van der Waals surface area contributed by atoms with Gasteiger partial charge in [-0.3, -0.25) is 4.79 Å². The lowest BCUT2D eigenvalue weighted by Crippen LogP contribution is -2.03. The summed E-state index contributed by atoms with van der Waals surface area (Å²) < 4.78 is 38.6. The third kappa shape index (κ3) is 3.51. The van der Waals surface area contributed by atoms with Gasteiger partial charge in [-0.1, -0.05) is 23.9 Å². The minimum atomic E-state index is -4.37. The number of benzene rings is 1. The molecule has 124 valence electrons. The second-order valence-corrected chi connectivity index (χ2v) is 6.78. The smallest absolute Gasteiger partial charge is 0.416 e. The number of thioether (sulfide) groups is 1. The zero-order chi connectivity index (χ0) is 17.3. The highest BCUT2D eigenvalue weighted by molar-refractivity contribution is 8.00. The fraction of sp³-hybridized carbons (Fsp3) is 0.133. The minimum absolute atomic E-state index is 0.125. The van der Waals surface area contributed by atoms with Crippen LogP contribution in [0.15, 0.2) is 41.7 Å². The number of aliphatic carboxylic acids is 1. The van der Waals surface area contributed by atoms with Crippen LogP contribution < -0.4 is 0 Å². The van der Waals surface area contributed by atoms with Gasteiger partial charge < -0.3 is 5.11 Å². The molecule has 0 amide bonds. The van der Waals surface area contributed by atoms with Crippen LogP contribution in [0.3, 0.4) is 0 Å². The third-order valence-corrected chi connectivity index (χ3v) is 5.39. The Bertz CT molecular complexity index is 892. The zero-order valence-corrected chi connectivity index (χ0v) is 13.5. The molecule has 0 saturated heterocycles. The van der Waals surface area contributed by atoms with E-state index in [4.69, 9.17) is 5.11 Å². The molecule has 24 heavy (non-hydrogen) atoms. The summed E-state index contributed by atoms with van der Waals surface area (Å²) in [6.07, 6.45) is -3.03. The van der Waals surface area contributed by atoms with Crippen molar-refractivity contribution < 1.29 is 23.1 Å². The molecule has 0 saturated carbocycles. The molecule has 1 N–H and O–H groups in total. The summed E-state index contributed by atoms with van der Waals surface area (Å²) in [5, 5.41) is 9.32. The second-order valence-electron chi connectivity index (χ2n) is 4.76. The van der Waals surface area contributed by atoms with Crippen molar-refractivity contribution in [3.63, 3.8) is 0 Å². The van der Waals surface area contributed by atoms with Crippen molar-refractivity contribution in [2.45, 2.75) is 11.2 Å². The maximum atomic E-state index is 12.6. The van der Waals surface area contributed by atoms with E-state index in [1.54, 1.807) is 6.07 Å². The zero-order valence-electron chi connectivity index (χ0n) is 11.9. The molecule has 0 aliphatic rings. The van der Waals surface area contributed by atoms with Gasteiger partial charge in [-0.15, -0.1) is 11.3 Å². The molecule has 2 heterocycles. The first kappa shape index (κ1) is 16.7. The Morgan fingerprint density at radius 3 is 2.54 bits per heavy atom. The van der Waals surface area contributed by atoms with E-state index in [0.29, 0.717) is 16.1 Å². The quantitative estimate of drug-likeness (QED) is 0.539. The summed E-state index contributed by atoms with van der Waals surface area (Å²) in [6.45, 7) is 0. The average Bonchev–Trinajstić information content (AvgIpc) is 2.96. The molecule has 3 rings (SSSR count). The molecule has 3 aromatic rings. The number of alkyl halides is 3. The Kier molecular flexibility index (Phi) is 4.46. The van der Waals surface area contributed by atoms with Gasteiger partial charge in [0.15, 0.2) is 0 Å². The Morgan fingerprint density at radius 2 is 1.92 bits per heavy atom. The molecule has 0 unspecified atom stereocenters. The van der Waals surface area contributed by atoms with Gasteiger partial charge in [-0.05, 0) is 23.8 Å². The Hall–Kier alpha value is -2.13. The number of rotatable bonds is 4. The fourth-order valence-electron chi connectivity index (χ4n) is 2.03. The lowest BCUT2D eigenvalue weighted by atomic mass is 10.1. The predicted molar refractivity (Wildman–Crippen MR) is 86.2 cm³/mol. The fourth-order valence-corrected chi connectivity index (χ4v) is 3.95. The number of carboxylic acid groups (broad SMARTS) is 1. The van der Waals surface area contributed by atoms with Gasteiger partial charge in [-0.2, -0.15) is 13.2 Å². The van der Waals surface area contributed by atoms with E-state index in [2.05, 4.69) is 9.97 Å². The second kappa shape index (κ2) is 6.40. The van der Waals surface area contributed by atoms with Crippen molar-refractivity contribution in [2.75, 3.05) is 5.75 Å². The van der Waals surface area contributed by atoms with Crippen molar-refractivity contribution in [3.8, 4) is 10.4 Å². The van der Waals surface area contributed by atoms with Crippen molar-refractivity contribution in [3.05, 3.63) is 42.2 Å². The van der Waals surface area contributed by atoms with E-state index >= 15 is 0 Å². The average molecular weight is 370 g/mol. The van der Waals surface area contributed by atoms with Crippen LogP contribution in [0.4, 0.5) is 13.2 Å². The number of aromatic nitrogens is 2. The van der Waals surface area contributed by atoms with Gasteiger partial charge in [0.1, 0.15) is 11.4 Å². The van der Waals surface area contributed by atoms with E-state index in [-0.39, 0.29) is 5.75 Å². The normalized spacial score (nSPS) is 11.8. The van der Waals surface area contributed by atoms with Crippen molar-refractivity contribution in [1.82, 2.24) is 9.97 Å². The van der Waals surface area contributed by atoms with E-state index < -0.39 is 17.7 Å². The molecule has 1 aromatic carbocycles. The monoisotopic (exact) mass is 370 g/mol. The molecule has 0 aliphatic heterocycles. The SMILES string of the molecule is O=C(O)CSc1ncnc2cc(-c3ccc(C(F)(F)F)cc3)sc12. The van der Waals surface area contributed by atoms with Crippen LogP contribution in [-0.4, -0.2) is 26.8 Å². The number of nitrogens with zero attached hydrogens (tertiary/aromatic N) is 2. The summed E-state index contributed by atoms with van der Waals surface area (Å²) >= 11 is 2.41. The number of thiophene rings is 1. The molecule has 0 aliphatic carbocycles. The number of fused-ring (bicyclic) bond motifs is 1. The first-order valence-electron chi connectivity index (χ1n) is 6.61. The Balaban J connectivity index is 1.96. The van der Waals surface area contributed by atoms with Gasteiger partial charge >= 0.3 is 12.1 Å². The maximum absolute atomic E-state index is 12.6. The predicted octanol–water partition coefficient (Wildman–Crippen LogP) is 4.55. The number of halogens is 3. The van der Waals surface area contributed by atoms with Gasteiger partial charge in [-0.25, -0.2) is 9.97 Å². The highest BCUT2D eigenvalue weighted by atomic mass is 32.2. The summed E-state index contributed by atoms with van der Waals surface area (Å²) in [6, 6.07) is 6.64. The van der Waals surface area contributed by atoms with Gasteiger partial charge in [0.25, 0.3) is 0 Å². The molecule has 9 heteroatoms.